The highest BCUT2D eigenvalue weighted by Crippen LogP contribution is 2.42. The lowest BCUT2D eigenvalue weighted by molar-refractivity contribution is 0.0583. The summed E-state index contributed by atoms with van der Waals surface area (Å²) >= 11 is 0. The molecule has 21 heavy (non-hydrogen) atoms. The Bertz CT molecular complexity index is 570. The zero-order valence-corrected chi connectivity index (χ0v) is 13.0. The van der Waals surface area contributed by atoms with Crippen molar-refractivity contribution < 1.29 is 14.6 Å². The topological polar surface area (TPSA) is 49.8 Å². The quantitative estimate of drug-likeness (QED) is 0.910. The Labute approximate surface area is 125 Å². The Morgan fingerprint density at radius 2 is 2.10 bits per heavy atom. The van der Waals surface area contributed by atoms with E-state index in [9.17, 15) is 9.90 Å². The van der Waals surface area contributed by atoms with Crippen LogP contribution in [0.15, 0.2) is 18.2 Å². The molecule has 1 amide bonds. The second-order valence-corrected chi connectivity index (χ2v) is 7.21. The second-order valence-electron chi connectivity index (χ2n) is 7.21. The van der Waals surface area contributed by atoms with Crippen molar-refractivity contribution >= 4 is 11.8 Å². The molecule has 1 aromatic carbocycles. The smallest absolute Gasteiger partial charge is 0.414 e. The number of hydrogen-bond donors (Lipinski definition) is 1. The highest BCUT2D eigenvalue weighted by Gasteiger charge is 2.42. The molecule has 1 aliphatic heterocycles. The third kappa shape index (κ3) is 3.05. The average Bonchev–Trinajstić information content (AvgIpc) is 2.92. The fourth-order valence-corrected chi connectivity index (χ4v) is 2.85. The number of hydrogen-bond acceptors (Lipinski definition) is 3. The lowest BCUT2D eigenvalue weighted by atomic mass is 10.0. The normalized spacial score (nSPS) is 19.3. The van der Waals surface area contributed by atoms with Crippen LogP contribution in [0.1, 0.15) is 44.7 Å². The number of para-hydroxylation sites is 1. The van der Waals surface area contributed by atoms with Gasteiger partial charge < -0.3 is 9.84 Å². The molecule has 0 spiro atoms. The van der Waals surface area contributed by atoms with Gasteiger partial charge in [-0.1, -0.05) is 18.2 Å². The van der Waals surface area contributed by atoms with Gasteiger partial charge in [-0.2, -0.15) is 0 Å². The molecule has 114 valence electrons. The third-order valence-corrected chi connectivity index (χ3v) is 4.04. The fourth-order valence-electron chi connectivity index (χ4n) is 2.85. The first kappa shape index (κ1) is 14.4. The lowest BCUT2D eigenvalue weighted by Gasteiger charge is -2.26. The van der Waals surface area contributed by atoms with Crippen LogP contribution >= 0.6 is 0 Å². The van der Waals surface area contributed by atoms with Crippen LogP contribution in [0.25, 0.3) is 0 Å². The minimum Gasteiger partial charge on any atom is -0.443 e. The van der Waals surface area contributed by atoms with Crippen LogP contribution in [0.3, 0.4) is 0 Å². The number of ether oxygens (including phenoxy) is 1. The van der Waals surface area contributed by atoms with Gasteiger partial charge in [-0.3, -0.25) is 4.90 Å². The fraction of sp³-hybridized carbons (Fsp3) is 0.588. The summed E-state index contributed by atoms with van der Waals surface area (Å²) in [6.07, 6.45) is 2.87. The van der Waals surface area contributed by atoms with Gasteiger partial charge in [-0.25, -0.2) is 4.79 Å². The Morgan fingerprint density at radius 1 is 1.38 bits per heavy atom. The van der Waals surface area contributed by atoms with E-state index in [-0.39, 0.29) is 6.09 Å². The van der Waals surface area contributed by atoms with Crippen LogP contribution in [-0.4, -0.2) is 28.9 Å². The highest BCUT2D eigenvalue weighted by atomic mass is 16.6. The molecule has 4 heteroatoms. The van der Waals surface area contributed by atoms with Gasteiger partial charge in [0.1, 0.15) is 5.60 Å². The molecule has 4 nitrogen and oxygen atoms in total. The van der Waals surface area contributed by atoms with Gasteiger partial charge in [-0.05, 0) is 51.2 Å². The standard InChI is InChI=1S/C17H23NO3/c1-16(2,3)21-15(19)18-10-7-12-5-4-6-13(14(12)18)11-17(20)8-9-17/h4-6,20H,7-11H2,1-3H3. The SMILES string of the molecule is CC(C)(C)OC(=O)N1CCc2cccc(CC3(O)CC3)c21. The molecule has 3 rings (SSSR count). The Morgan fingerprint density at radius 3 is 2.71 bits per heavy atom. The molecule has 1 saturated carbocycles. The maximum absolute atomic E-state index is 12.4. The molecule has 1 heterocycles. The molecule has 1 aromatic rings. The van der Waals surface area contributed by atoms with E-state index >= 15 is 0 Å². The van der Waals surface area contributed by atoms with E-state index in [1.165, 1.54) is 5.56 Å². The maximum Gasteiger partial charge on any atom is 0.414 e. The predicted molar refractivity (Wildman–Crippen MR) is 81.6 cm³/mol. The van der Waals surface area contributed by atoms with Crippen molar-refractivity contribution in [2.75, 3.05) is 11.4 Å². The first-order chi connectivity index (χ1) is 9.77. The predicted octanol–water partition coefficient (Wildman–Crippen LogP) is 3.05. The number of fused-ring (bicyclic) bond motifs is 1. The molecule has 0 saturated heterocycles. The van der Waals surface area contributed by atoms with Gasteiger partial charge >= 0.3 is 6.09 Å². The molecular weight excluding hydrogens is 266 g/mol. The minimum atomic E-state index is -0.558. The number of nitrogens with zero attached hydrogens (tertiary/aromatic N) is 1. The molecule has 0 bridgehead atoms. The zero-order chi connectivity index (χ0) is 15.3. The maximum atomic E-state index is 12.4. The van der Waals surface area contributed by atoms with E-state index in [0.717, 1.165) is 30.5 Å². The van der Waals surface area contributed by atoms with Gasteiger partial charge in [0.15, 0.2) is 0 Å². The van der Waals surface area contributed by atoms with Crippen molar-refractivity contribution in [3.63, 3.8) is 0 Å². The van der Waals surface area contributed by atoms with Gasteiger partial charge in [0.25, 0.3) is 0 Å². The van der Waals surface area contributed by atoms with E-state index < -0.39 is 11.2 Å². The van der Waals surface area contributed by atoms with Gasteiger partial charge in [0.2, 0.25) is 0 Å². The van der Waals surface area contributed by atoms with Crippen molar-refractivity contribution in [3.8, 4) is 0 Å². The molecule has 2 aliphatic rings. The minimum absolute atomic E-state index is 0.295. The number of rotatable bonds is 2. The number of carbonyl (C=O) groups is 1. The average molecular weight is 289 g/mol. The van der Waals surface area contributed by atoms with E-state index in [0.29, 0.717) is 13.0 Å². The third-order valence-electron chi connectivity index (χ3n) is 4.04. The van der Waals surface area contributed by atoms with Gasteiger partial charge in [0, 0.05) is 13.0 Å². The van der Waals surface area contributed by atoms with Crippen molar-refractivity contribution in [3.05, 3.63) is 29.3 Å². The van der Waals surface area contributed by atoms with Crippen molar-refractivity contribution in [2.45, 2.75) is 57.7 Å². The number of benzene rings is 1. The van der Waals surface area contributed by atoms with Crippen LogP contribution in [0.5, 0.6) is 0 Å². The van der Waals surface area contributed by atoms with Crippen molar-refractivity contribution in [2.24, 2.45) is 0 Å². The largest absolute Gasteiger partial charge is 0.443 e. The summed E-state index contributed by atoms with van der Waals surface area (Å²) < 4.78 is 5.50. The van der Waals surface area contributed by atoms with Crippen LogP contribution in [-0.2, 0) is 17.6 Å². The van der Waals surface area contributed by atoms with Gasteiger partial charge in [0.05, 0.1) is 11.3 Å². The van der Waals surface area contributed by atoms with Crippen LogP contribution in [0.4, 0.5) is 10.5 Å². The number of carbonyl (C=O) groups excluding carboxylic acids is 1. The molecule has 0 radical (unpaired) electrons. The highest BCUT2D eigenvalue weighted by molar-refractivity contribution is 5.91. The molecule has 0 atom stereocenters. The zero-order valence-electron chi connectivity index (χ0n) is 13.0. The van der Waals surface area contributed by atoms with Gasteiger partial charge in [-0.15, -0.1) is 0 Å². The monoisotopic (exact) mass is 289 g/mol. The Balaban J connectivity index is 1.87. The van der Waals surface area contributed by atoms with Crippen LogP contribution < -0.4 is 4.90 Å². The van der Waals surface area contributed by atoms with E-state index in [4.69, 9.17) is 4.74 Å². The first-order valence-corrected chi connectivity index (χ1v) is 7.61. The van der Waals surface area contributed by atoms with E-state index in [2.05, 4.69) is 6.07 Å². The molecule has 1 N–H and O–H groups in total. The van der Waals surface area contributed by atoms with E-state index in [1.54, 1.807) is 4.90 Å². The second kappa shape index (κ2) is 4.73. The lowest BCUT2D eigenvalue weighted by Crippen LogP contribution is -2.36. The number of amides is 1. The molecule has 0 unspecified atom stereocenters. The molecule has 0 aromatic heterocycles. The molecule has 1 aliphatic carbocycles. The summed E-state index contributed by atoms with van der Waals surface area (Å²) in [6.45, 7) is 6.28. The van der Waals surface area contributed by atoms with E-state index in [1.807, 2.05) is 32.9 Å². The summed E-state index contributed by atoms with van der Waals surface area (Å²) in [4.78, 5) is 14.1. The molecule has 1 fully saturated rings. The first-order valence-electron chi connectivity index (χ1n) is 7.61. The Hall–Kier alpha value is -1.55. The summed E-state index contributed by atoms with van der Waals surface area (Å²) in [6, 6.07) is 6.08. The van der Waals surface area contributed by atoms with Crippen LogP contribution in [0.2, 0.25) is 0 Å². The van der Waals surface area contributed by atoms with Crippen molar-refractivity contribution in [1.82, 2.24) is 0 Å². The summed E-state index contributed by atoms with van der Waals surface area (Å²) in [5, 5.41) is 10.2. The number of anilines is 1. The summed E-state index contributed by atoms with van der Waals surface area (Å²) in [7, 11) is 0. The summed E-state index contributed by atoms with van der Waals surface area (Å²) in [5.74, 6) is 0. The van der Waals surface area contributed by atoms with Crippen LogP contribution in [0, 0.1) is 0 Å². The number of aliphatic hydroxyl groups is 1. The molecular formula is C17H23NO3. The van der Waals surface area contributed by atoms with Crippen molar-refractivity contribution in [1.29, 1.82) is 0 Å². The summed E-state index contributed by atoms with van der Waals surface area (Å²) in [5.41, 5.74) is 2.12. The Kier molecular flexibility index (Phi) is 3.24.